The number of carbonyl (C=O) groups is 1. The highest BCUT2D eigenvalue weighted by atomic mass is 19.1. The minimum Gasteiger partial charge on any atom is -0.465 e. The molecule has 0 aliphatic carbocycles. The van der Waals surface area contributed by atoms with Crippen LogP contribution < -0.4 is 0 Å². The minimum atomic E-state index is -0.778. The predicted octanol–water partition coefficient (Wildman–Crippen LogP) is 6.20. The van der Waals surface area contributed by atoms with Crippen LogP contribution in [0.1, 0.15) is 21.5 Å². The van der Waals surface area contributed by atoms with Gasteiger partial charge in [0.25, 0.3) is 0 Å². The third-order valence-corrected chi connectivity index (χ3v) is 5.47. The molecule has 0 aliphatic rings. The zero-order chi connectivity index (χ0) is 23.5. The lowest BCUT2D eigenvalue weighted by atomic mass is 9.91. The molecule has 168 valence electrons. The Morgan fingerprint density at radius 2 is 1.73 bits per heavy atom. The summed E-state index contributed by atoms with van der Waals surface area (Å²) < 4.78 is 45.1. The molecule has 0 aliphatic heterocycles. The summed E-state index contributed by atoms with van der Waals surface area (Å²) in [6.07, 6.45) is 0. The van der Waals surface area contributed by atoms with Gasteiger partial charge in [-0.15, -0.1) is 0 Å². The molecule has 1 aromatic heterocycles. The van der Waals surface area contributed by atoms with Gasteiger partial charge in [0.1, 0.15) is 17.3 Å². The Balaban J connectivity index is 1.79. The van der Waals surface area contributed by atoms with E-state index in [2.05, 4.69) is 9.89 Å². The first-order valence-corrected chi connectivity index (χ1v) is 10.2. The van der Waals surface area contributed by atoms with Crippen molar-refractivity contribution in [2.45, 2.75) is 13.5 Å². The van der Waals surface area contributed by atoms with Crippen molar-refractivity contribution < 1.29 is 27.6 Å². The number of hydrogen-bond donors (Lipinski definition) is 0. The summed E-state index contributed by atoms with van der Waals surface area (Å²) in [4.78, 5) is 11.6. The third-order valence-electron chi connectivity index (χ3n) is 5.47. The van der Waals surface area contributed by atoms with E-state index in [4.69, 9.17) is 9.26 Å². The molecule has 0 unspecified atom stereocenters. The fourth-order valence-corrected chi connectivity index (χ4v) is 3.79. The molecule has 0 fully saturated rings. The molecule has 0 radical (unpaired) electrons. The highest BCUT2D eigenvalue weighted by Gasteiger charge is 2.22. The number of carbonyl (C=O) groups excluding carboxylic acids is 1. The van der Waals surface area contributed by atoms with Gasteiger partial charge in [0.05, 0.1) is 24.8 Å². The molecule has 7 heteroatoms. The molecule has 5 nitrogen and oxygen atoms in total. The van der Waals surface area contributed by atoms with Crippen LogP contribution in [0, 0.1) is 18.6 Å². The molecule has 0 N–H and O–H groups in total. The van der Waals surface area contributed by atoms with Crippen molar-refractivity contribution >= 4 is 5.97 Å². The van der Waals surface area contributed by atoms with Gasteiger partial charge < -0.3 is 14.0 Å². The van der Waals surface area contributed by atoms with E-state index in [9.17, 15) is 9.18 Å². The zero-order valence-corrected chi connectivity index (χ0v) is 18.3. The quantitative estimate of drug-likeness (QED) is 0.328. The summed E-state index contributed by atoms with van der Waals surface area (Å²) in [7, 11) is 2.71. The van der Waals surface area contributed by atoms with Crippen molar-refractivity contribution in [3.63, 3.8) is 0 Å². The lowest BCUT2D eigenvalue weighted by Crippen LogP contribution is -2.04. The summed E-state index contributed by atoms with van der Waals surface area (Å²) in [6.45, 7) is 2.06. The fourth-order valence-electron chi connectivity index (χ4n) is 3.79. The molecule has 0 spiro atoms. The van der Waals surface area contributed by atoms with Crippen molar-refractivity contribution in [3.8, 4) is 33.7 Å². The van der Waals surface area contributed by atoms with E-state index < -0.39 is 17.6 Å². The van der Waals surface area contributed by atoms with E-state index >= 15 is 4.39 Å². The smallest absolute Gasteiger partial charge is 0.340 e. The highest BCUT2D eigenvalue weighted by molar-refractivity contribution is 5.90. The van der Waals surface area contributed by atoms with Gasteiger partial charge >= 0.3 is 5.97 Å². The monoisotopic (exact) mass is 449 g/mol. The molecule has 0 bridgehead atoms. The van der Waals surface area contributed by atoms with Gasteiger partial charge in [-0.1, -0.05) is 41.6 Å². The van der Waals surface area contributed by atoms with Crippen LogP contribution in [0.5, 0.6) is 0 Å². The standard InChI is InChI=1S/C26H21F2NO4/c1-15-19(16-7-5-4-6-8-16)12-22(28)25(20(15)14-31-2)24-13-23(29-33-24)17-9-10-18(21(27)11-17)26(30)32-3/h4-13H,14H2,1-3H3. The van der Waals surface area contributed by atoms with Crippen LogP contribution in [0.25, 0.3) is 33.7 Å². The Bertz CT molecular complexity index is 1320. The maximum Gasteiger partial charge on any atom is 0.340 e. The third kappa shape index (κ3) is 4.27. The number of halogens is 2. The number of ether oxygens (including phenoxy) is 2. The first kappa shape index (κ1) is 22.4. The zero-order valence-electron chi connectivity index (χ0n) is 18.3. The van der Waals surface area contributed by atoms with E-state index in [1.165, 1.54) is 38.5 Å². The van der Waals surface area contributed by atoms with E-state index in [0.29, 0.717) is 16.8 Å². The van der Waals surface area contributed by atoms with E-state index in [1.807, 2.05) is 37.3 Å². The maximum absolute atomic E-state index is 15.4. The fraction of sp³-hybridized carbons (Fsp3) is 0.154. The molecule has 0 amide bonds. The molecule has 0 saturated heterocycles. The van der Waals surface area contributed by atoms with Gasteiger partial charge in [-0.2, -0.15) is 0 Å². The van der Waals surface area contributed by atoms with Crippen molar-refractivity contribution in [2.75, 3.05) is 14.2 Å². The largest absolute Gasteiger partial charge is 0.465 e. The average Bonchev–Trinajstić information content (AvgIpc) is 3.31. The van der Waals surface area contributed by atoms with Crippen LogP contribution >= 0.6 is 0 Å². The summed E-state index contributed by atoms with van der Waals surface area (Å²) >= 11 is 0. The van der Waals surface area contributed by atoms with Gasteiger partial charge in [0.15, 0.2) is 5.76 Å². The van der Waals surface area contributed by atoms with Crippen LogP contribution in [0.3, 0.4) is 0 Å². The maximum atomic E-state index is 15.4. The summed E-state index contributed by atoms with van der Waals surface area (Å²) in [5.41, 5.74) is 3.85. The topological polar surface area (TPSA) is 61.6 Å². The number of hydrogen-bond acceptors (Lipinski definition) is 5. The summed E-state index contributed by atoms with van der Waals surface area (Å²) in [5.74, 6) is -1.82. The number of aromatic nitrogens is 1. The Kier molecular flexibility index (Phi) is 6.33. The van der Waals surface area contributed by atoms with E-state index in [1.54, 1.807) is 0 Å². The van der Waals surface area contributed by atoms with Crippen LogP contribution in [-0.4, -0.2) is 25.3 Å². The van der Waals surface area contributed by atoms with Gasteiger partial charge in [-0.25, -0.2) is 13.6 Å². The Morgan fingerprint density at radius 3 is 2.39 bits per heavy atom. The van der Waals surface area contributed by atoms with Crippen molar-refractivity contribution in [1.82, 2.24) is 5.16 Å². The Hall–Kier alpha value is -3.84. The lowest BCUT2D eigenvalue weighted by Gasteiger charge is -2.16. The first-order valence-electron chi connectivity index (χ1n) is 10.2. The molecule has 0 atom stereocenters. The Morgan fingerprint density at radius 1 is 0.970 bits per heavy atom. The second-order valence-corrected chi connectivity index (χ2v) is 7.45. The number of esters is 1. The SMILES string of the molecule is COCc1c(C)c(-c2ccccc2)cc(F)c1-c1cc(-c2ccc(C(=O)OC)c(F)c2)no1. The van der Waals surface area contributed by atoms with Crippen LogP contribution in [0.2, 0.25) is 0 Å². The molecule has 1 heterocycles. The predicted molar refractivity (Wildman–Crippen MR) is 120 cm³/mol. The Labute approximate surface area is 189 Å². The number of nitrogens with zero attached hydrogens (tertiary/aromatic N) is 1. The van der Waals surface area contributed by atoms with E-state index in [-0.39, 0.29) is 23.5 Å². The second-order valence-electron chi connectivity index (χ2n) is 7.45. The molecule has 3 aromatic carbocycles. The minimum absolute atomic E-state index is 0.164. The molecular formula is C26H21F2NO4. The number of benzene rings is 3. The number of rotatable bonds is 6. The van der Waals surface area contributed by atoms with Crippen LogP contribution in [0.15, 0.2) is 65.2 Å². The average molecular weight is 449 g/mol. The van der Waals surface area contributed by atoms with Crippen molar-refractivity contribution in [3.05, 3.63) is 89.0 Å². The first-order chi connectivity index (χ1) is 15.9. The molecule has 4 aromatic rings. The van der Waals surface area contributed by atoms with Gasteiger partial charge in [-0.3, -0.25) is 0 Å². The second kappa shape index (κ2) is 9.34. The van der Waals surface area contributed by atoms with Gasteiger partial charge in [0, 0.05) is 18.7 Å². The molecule has 33 heavy (non-hydrogen) atoms. The highest BCUT2D eigenvalue weighted by Crippen LogP contribution is 2.37. The molecule has 4 rings (SSSR count). The molecular weight excluding hydrogens is 428 g/mol. The summed E-state index contributed by atoms with van der Waals surface area (Å²) in [6, 6.07) is 16.5. The van der Waals surface area contributed by atoms with Crippen LogP contribution in [-0.2, 0) is 16.1 Å². The number of methoxy groups -OCH3 is 2. The van der Waals surface area contributed by atoms with Crippen LogP contribution in [0.4, 0.5) is 8.78 Å². The normalized spacial score (nSPS) is 10.9. The van der Waals surface area contributed by atoms with Gasteiger partial charge in [0.2, 0.25) is 0 Å². The van der Waals surface area contributed by atoms with E-state index in [0.717, 1.165) is 22.8 Å². The lowest BCUT2D eigenvalue weighted by molar-refractivity contribution is 0.0595. The van der Waals surface area contributed by atoms with Gasteiger partial charge in [-0.05, 0) is 47.4 Å². The molecule has 0 saturated carbocycles. The summed E-state index contributed by atoms with van der Waals surface area (Å²) in [5, 5.41) is 3.99. The van der Waals surface area contributed by atoms with Crippen molar-refractivity contribution in [2.24, 2.45) is 0 Å². The van der Waals surface area contributed by atoms with Crippen molar-refractivity contribution in [1.29, 1.82) is 0 Å².